The van der Waals surface area contributed by atoms with Gasteiger partial charge in [-0.1, -0.05) is 0 Å². The van der Waals surface area contributed by atoms with E-state index in [2.05, 4.69) is 28.5 Å². The Hall–Kier alpha value is -1.14. The number of ether oxygens (including phenoxy) is 2. The van der Waals surface area contributed by atoms with Gasteiger partial charge in [0.25, 0.3) is 0 Å². The number of hydrogen-bond donors (Lipinski definition) is 0. The minimum atomic E-state index is -0.255. The van der Waals surface area contributed by atoms with Crippen molar-refractivity contribution in [2.45, 2.75) is 25.9 Å². The van der Waals surface area contributed by atoms with Gasteiger partial charge < -0.3 is 14.4 Å². The molecule has 1 aliphatic heterocycles. The van der Waals surface area contributed by atoms with Gasteiger partial charge in [-0.2, -0.15) is 0 Å². The number of morpholine rings is 1. The Labute approximate surface area is 111 Å². The first-order valence-corrected chi connectivity index (χ1v) is 6.78. The standard InChI is InChI=1S/C12H18N2O3S/c1-12(2)8-14(4-5-17-12)11-13-9(7-18-11)6-10(15)16-3/h7H,4-6,8H2,1-3H3. The van der Waals surface area contributed by atoms with E-state index < -0.39 is 0 Å². The number of carbonyl (C=O) groups excluding carboxylic acids is 1. The van der Waals surface area contributed by atoms with E-state index in [0.717, 1.165) is 23.9 Å². The zero-order valence-corrected chi connectivity index (χ0v) is 11.7. The van der Waals surface area contributed by atoms with Crippen LogP contribution >= 0.6 is 11.3 Å². The van der Waals surface area contributed by atoms with Crippen LogP contribution in [0.15, 0.2) is 5.38 Å². The topological polar surface area (TPSA) is 51.7 Å². The zero-order chi connectivity index (χ0) is 13.2. The van der Waals surface area contributed by atoms with E-state index >= 15 is 0 Å². The van der Waals surface area contributed by atoms with Crippen molar-refractivity contribution in [3.63, 3.8) is 0 Å². The minimum absolute atomic E-state index is 0.146. The number of hydrogen-bond acceptors (Lipinski definition) is 6. The molecule has 0 unspecified atom stereocenters. The molecule has 6 heteroatoms. The smallest absolute Gasteiger partial charge is 0.311 e. The molecule has 0 atom stereocenters. The molecular formula is C12H18N2O3S. The molecule has 1 saturated heterocycles. The highest BCUT2D eigenvalue weighted by atomic mass is 32.1. The van der Waals surface area contributed by atoms with Crippen molar-refractivity contribution in [1.82, 2.24) is 4.98 Å². The third-order valence-electron chi connectivity index (χ3n) is 2.79. The molecule has 0 aliphatic carbocycles. The predicted molar refractivity (Wildman–Crippen MR) is 70.1 cm³/mol. The van der Waals surface area contributed by atoms with E-state index in [0.29, 0.717) is 6.61 Å². The number of esters is 1. The summed E-state index contributed by atoms with van der Waals surface area (Å²) in [6, 6.07) is 0. The van der Waals surface area contributed by atoms with Gasteiger partial charge >= 0.3 is 5.97 Å². The number of rotatable bonds is 3. The predicted octanol–water partition coefficient (Wildman–Crippen LogP) is 1.47. The first-order chi connectivity index (χ1) is 8.50. The van der Waals surface area contributed by atoms with Crippen molar-refractivity contribution >= 4 is 22.4 Å². The van der Waals surface area contributed by atoms with Gasteiger partial charge in [0.15, 0.2) is 5.13 Å². The van der Waals surface area contributed by atoms with Gasteiger partial charge in [0.05, 0.1) is 31.4 Å². The maximum Gasteiger partial charge on any atom is 0.311 e. The Morgan fingerprint density at radius 3 is 3.11 bits per heavy atom. The monoisotopic (exact) mass is 270 g/mol. The van der Waals surface area contributed by atoms with Crippen LogP contribution in [0.4, 0.5) is 5.13 Å². The Balaban J connectivity index is 2.03. The first kappa shape index (κ1) is 13.3. The Bertz CT molecular complexity index is 431. The zero-order valence-electron chi connectivity index (χ0n) is 10.9. The molecule has 2 heterocycles. The summed E-state index contributed by atoms with van der Waals surface area (Å²) in [5.74, 6) is -0.255. The van der Waals surface area contributed by atoms with Crippen LogP contribution < -0.4 is 4.90 Å². The second-order valence-electron chi connectivity index (χ2n) is 4.90. The molecule has 1 aliphatic rings. The van der Waals surface area contributed by atoms with Gasteiger partial charge in [-0.05, 0) is 13.8 Å². The van der Waals surface area contributed by atoms with Crippen molar-refractivity contribution in [3.05, 3.63) is 11.1 Å². The van der Waals surface area contributed by atoms with E-state index in [1.807, 2.05) is 5.38 Å². The van der Waals surface area contributed by atoms with Gasteiger partial charge in [-0.3, -0.25) is 4.79 Å². The highest BCUT2D eigenvalue weighted by molar-refractivity contribution is 7.13. The number of thiazole rings is 1. The molecule has 0 spiro atoms. The summed E-state index contributed by atoms with van der Waals surface area (Å²) < 4.78 is 10.3. The molecular weight excluding hydrogens is 252 g/mol. The van der Waals surface area contributed by atoms with Gasteiger partial charge in [0.1, 0.15) is 0 Å². The number of carbonyl (C=O) groups is 1. The first-order valence-electron chi connectivity index (χ1n) is 5.90. The van der Waals surface area contributed by atoms with Crippen molar-refractivity contribution in [1.29, 1.82) is 0 Å². The summed E-state index contributed by atoms with van der Waals surface area (Å²) in [6.45, 7) is 6.51. The summed E-state index contributed by atoms with van der Waals surface area (Å²) in [5, 5.41) is 2.86. The maximum atomic E-state index is 11.2. The van der Waals surface area contributed by atoms with Gasteiger partial charge in [-0.25, -0.2) is 4.98 Å². The van der Waals surface area contributed by atoms with Crippen molar-refractivity contribution in [2.24, 2.45) is 0 Å². The number of anilines is 1. The fraction of sp³-hybridized carbons (Fsp3) is 0.667. The highest BCUT2D eigenvalue weighted by Crippen LogP contribution is 2.26. The number of aromatic nitrogens is 1. The van der Waals surface area contributed by atoms with Crippen LogP contribution in [0, 0.1) is 0 Å². The number of methoxy groups -OCH3 is 1. The largest absolute Gasteiger partial charge is 0.469 e. The summed E-state index contributed by atoms with van der Waals surface area (Å²) in [7, 11) is 1.39. The van der Waals surface area contributed by atoms with Crippen LogP contribution in [0.1, 0.15) is 19.5 Å². The molecule has 1 aromatic rings. The molecule has 5 nitrogen and oxygen atoms in total. The second-order valence-corrected chi connectivity index (χ2v) is 5.74. The van der Waals surface area contributed by atoms with E-state index in [1.54, 1.807) is 11.3 Å². The summed E-state index contributed by atoms with van der Waals surface area (Å²) in [6.07, 6.45) is 0.237. The van der Waals surface area contributed by atoms with E-state index in [-0.39, 0.29) is 18.0 Å². The normalized spacial score (nSPS) is 18.7. The molecule has 1 fully saturated rings. The van der Waals surface area contributed by atoms with E-state index in [4.69, 9.17) is 4.74 Å². The van der Waals surface area contributed by atoms with E-state index in [9.17, 15) is 4.79 Å². The van der Waals surface area contributed by atoms with Crippen LogP contribution in [-0.4, -0.2) is 43.4 Å². The average molecular weight is 270 g/mol. The Morgan fingerprint density at radius 1 is 1.67 bits per heavy atom. The third-order valence-corrected chi connectivity index (χ3v) is 3.74. The fourth-order valence-electron chi connectivity index (χ4n) is 1.92. The van der Waals surface area contributed by atoms with Crippen LogP contribution in [0.25, 0.3) is 0 Å². The van der Waals surface area contributed by atoms with Crippen LogP contribution in [0.2, 0.25) is 0 Å². The lowest BCUT2D eigenvalue weighted by Gasteiger charge is -2.37. The van der Waals surface area contributed by atoms with Gasteiger partial charge in [-0.15, -0.1) is 11.3 Å². The molecule has 0 radical (unpaired) electrons. The molecule has 1 aromatic heterocycles. The van der Waals surface area contributed by atoms with E-state index in [1.165, 1.54) is 7.11 Å². The van der Waals surface area contributed by atoms with Crippen LogP contribution in [0.3, 0.4) is 0 Å². The van der Waals surface area contributed by atoms with Crippen molar-refractivity contribution < 1.29 is 14.3 Å². The fourth-order valence-corrected chi connectivity index (χ4v) is 2.77. The van der Waals surface area contributed by atoms with Crippen LogP contribution in [-0.2, 0) is 20.7 Å². The average Bonchev–Trinajstić information content (AvgIpc) is 2.76. The third kappa shape index (κ3) is 3.20. The molecule has 100 valence electrons. The Kier molecular flexibility index (Phi) is 3.87. The molecule has 2 rings (SSSR count). The highest BCUT2D eigenvalue weighted by Gasteiger charge is 2.28. The molecule has 18 heavy (non-hydrogen) atoms. The Morgan fingerprint density at radius 2 is 2.44 bits per heavy atom. The SMILES string of the molecule is COC(=O)Cc1csc(N2CCOC(C)(C)C2)n1. The minimum Gasteiger partial charge on any atom is -0.469 e. The molecule has 0 aromatic carbocycles. The van der Waals surface area contributed by atoms with Gasteiger partial charge in [0, 0.05) is 18.5 Å². The van der Waals surface area contributed by atoms with Crippen LogP contribution in [0.5, 0.6) is 0 Å². The molecule has 0 N–H and O–H groups in total. The van der Waals surface area contributed by atoms with Crippen molar-refractivity contribution in [2.75, 3.05) is 31.7 Å². The lowest BCUT2D eigenvalue weighted by Crippen LogP contribution is -2.48. The molecule has 0 amide bonds. The quantitative estimate of drug-likeness (QED) is 0.779. The maximum absolute atomic E-state index is 11.2. The lowest BCUT2D eigenvalue weighted by atomic mass is 10.1. The summed E-state index contributed by atoms with van der Waals surface area (Å²) in [4.78, 5) is 17.9. The number of nitrogens with zero attached hydrogens (tertiary/aromatic N) is 2. The van der Waals surface area contributed by atoms with Gasteiger partial charge in [0.2, 0.25) is 0 Å². The molecule has 0 saturated carbocycles. The summed E-state index contributed by atoms with van der Waals surface area (Å²) in [5.41, 5.74) is 0.623. The summed E-state index contributed by atoms with van der Waals surface area (Å²) >= 11 is 1.56. The second kappa shape index (κ2) is 5.24. The lowest BCUT2D eigenvalue weighted by molar-refractivity contribution is -0.139. The molecule has 0 bridgehead atoms. The van der Waals surface area contributed by atoms with Crippen molar-refractivity contribution in [3.8, 4) is 0 Å².